The lowest BCUT2D eigenvalue weighted by molar-refractivity contribution is 0.0988. The summed E-state index contributed by atoms with van der Waals surface area (Å²) in [7, 11) is 0. The van der Waals surface area contributed by atoms with Crippen molar-refractivity contribution in [1.29, 1.82) is 0 Å². The number of anilines is 1. The average molecular weight is 428 g/mol. The summed E-state index contributed by atoms with van der Waals surface area (Å²) >= 11 is 0. The molecule has 4 rings (SSSR count). The molecule has 3 aromatic rings. The van der Waals surface area contributed by atoms with Gasteiger partial charge in [0.1, 0.15) is 0 Å². The lowest BCUT2D eigenvalue weighted by Crippen LogP contribution is -2.36. The smallest absolute Gasteiger partial charge is 0.162 e. The Balaban J connectivity index is 1.34. The van der Waals surface area contributed by atoms with E-state index in [0.717, 1.165) is 37.7 Å². The van der Waals surface area contributed by atoms with Crippen molar-refractivity contribution in [2.24, 2.45) is 20.5 Å². The summed E-state index contributed by atoms with van der Waals surface area (Å²) in [6.07, 6.45) is 0.490. The molecular weight excluding hydrogens is 402 g/mol. The first-order valence-corrected chi connectivity index (χ1v) is 10.7. The molecular formula is C25H25N5O2. The van der Waals surface area contributed by atoms with Crippen molar-refractivity contribution in [3.63, 3.8) is 0 Å². The fourth-order valence-electron chi connectivity index (χ4n) is 3.29. The van der Waals surface area contributed by atoms with E-state index < -0.39 is 0 Å². The van der Waals surface area contributed by atoms with E-state index in [1.807, 2.05) is 43.3 Å². The Bertz CT molecular complexity index is 1080. The standard InChI is InChI=1S/C25H25N5O2/c1-2-25(31)19-3-5-20(6-4-19)26-27-21-7-9-22(10-8-21)28-29-23-11-13-24(14-12-23)30-15-17-32-18-16-30/h3-14H,2,15-18H2,1H3. The van der Waals surface area contributed by atoms with Crippen LogP contribution in [-0.2, 0) is 4.74 Å². The van der Waals surface area contributed by atoms with Crippen LogP contribution < -0.4 is 4.90 Å². The molecule has 7 heteroatoms. The number of rotatable bonds is 7. The SMILES string of the molecule is CCC(=O)c1ccc(N=Nc2ccc(N=Nc3ccc(N4CCOCC4)cc3)cc2)cc1. The number of hydrogen-bond donors (Lipinski definition) is 0. The fourth-order valence-corrected chi connectivity index (χ4v) is 3.29. The minimum absolute atomic E-state index is 0.117. The number of ether oxygens (including phenoxy) is 1. The van der Waals surface area contributed by atoms with E-state index in [4.69, 9.17) is 4.74 Å². The second-order valence-electron chi connectivity index (χ2n) is 7.36. The molecule has 162 valence electrons. The minimum atomic E-state index is 0.117. The quantitative estimate of drug-likeness (QED) is 0.302. The number of morpholine rings is 1. The predicted octanol–water partition coefficient (Wildman–Crippen LogP) is 6.95. The van der Waals surface area contributed by atoms with Gasteiger partial charge in [0.25, 0.3) is 0 Å². The van der Waals surface area contributed by atoms with Crippen LogP contribution in [0.25, 0.3) is 0 Å². The molecule has 0 saturated carbocycles. The second kappa shape index (κ2) is 10.5. The third-order valence-corrected chi connectivity index (χ3v) is 5.15. The monoisotopic (exact) mass is 427 g/mol. The molecule has 32 heavy (non-hydrogen) atoms. The predicted molar refractivity (Wildman–Crippen MR) is 125 cm³/mol. The van der Waals surface area contributed by atoms with Crippen molar-refractivity contribution >= 4 is 34.2 Å². The van der Waals surface area contributed by atoms with Gasteiger partial charge in [-0.2, -0.15) is 20.5 Å². The molecule has 0 bridgehead atoms. The van der Waals surface area contributed by atoms with E-state index in [1.165, 1.54) is 5.69 Å². The number of azo groups is 2. The summed E-state index contributed by atoms with van der Waals surface area (Å²) in [6.45, 7) is 5.21. The van der Waals surface area contributed by atoms with Crippen LogP contribution in [0.4, 0.5) is 28.4 Å². The minimum Gasteiger partial charge on any atom is -0.378 e. The number of benzene rings is 3. The highest BCUT2D eigenvalue weighted by molar-refractivity contribution is 5.96. The topological polar surface area (TPSA) is 79.0 Å². The Morgan fingerprint density at radius 3 is 1.56 bits per heavy atom. The molecule has 0 aliphatic carbocycles. The van der Waals surface area contributed by atoms with E-state index in [-0.39, 0.29) is 5.78 Å². The van der Waals surface area contributed by atoms with E-state index in [0.29, 0.717) is 23.4 Å². The van der Waals surface area contributed by atoms with Crippen molar-refractivity contribution in [2.75, 3.05) is 31.2 Å². The van der Waals surface area contributed by atoms with Crippen LogP contribution in [0.1, 0.15) is 23.7 Å². The van der Waals surface area contributed by atoms with E-state index in [9.17, 15) is 4.79 Å². The van der Waals surface area contributed by atoms with Gasteiger partial charge in [0.15, 0.2) is 5.78 Å². The first-order valence-electron chi connectivity index (χ1n) is 10.7. The molecule has 1 heterocycles. The average Bonchev–Trinajstić information content (AvgIpc) is 2.87. The molecule has 0 atom stereocenters. The summed E-state index contributed by atoms with van der Waals surface area (Å²) in [5.41, 5.74) is 4.82. The van der Waals surface area contributed by atoms with Gasteiger partial charge in [-0.3, -0.25) is 4.79 Å². The van der Waals surface area contributed by atoms with Crippen molar-refractivity contribution in [1.82, 2.24) is 0 Å². The van der Waals surface area contributed by atoms with Crippen molar-refractivity contribution in [3.05, 3.63) is 78.4 Å². The Labute approximate surface area is 187 Å². The first-order chi connectivity index (χ1) is 15.7. The zero-order valence-corrected chi connectivity index (χ0v) is 18.0. The van der Waals surface area contributed by atoms with Gasteiger partial charge < -0.3 is 9.64 Å². The van der Waals surface area contributed by atoms with E-state index in [1.54, 1.807) is 24.3 Å². The second-order valence-corrected chi connectivity index (χ2v) is 7.36. The molecule has 0 amide bonds. The van der Waals surface area contributed by atoms with Crippen LogP contribution in [0.5, 0.6) is 0 Å². The van der Waals surface area contributed by atoms with Gasteiger partial charge in [0, 0.05) is 30.8 Å². The van der Waals surface area contributed by atoms with Crippen LogP contribution in [-0.4, -0.2) is 32.1 Å². The molecule has 1 fully saturated rings. The summed E-state index contributed by atoms with van der Waals surface area (Å²) in [6, 6.07) is 22.6. The zero-order chi connectivity index (χ0) is 22.2. The highest BCUT2D eigenvalue weighted by atomic mass is 16.5. The summed E-state index contributed by atoms with van der Waals surface area (Å²) in [4.78, 5) is 14.0. The molecule has 1 saturated heterocycles. The van der Waals surface area contributed by atoms with E-state index in [2.05, 4.69) is 37.5 Å². The number of carbonyl (C=O) groups is 1. The van der Waals surface area contributed by atoms with Gasteiger partial charge in [-0.25, -0.2) is 0 Å². The van der Waals surface area contributed by atoms with Gasteiger partial charge in [-0.1, -0.05) is 6.92 Å². The van der Waals surface area contributed by atoms with E-state index >= 15 is 0 Å². The number of nitrogens with zero attached hydrogens (tertiary/aromatic N) is 5. The van der Waals surface area contributed by atoms with Crippen molar-refractivity contribution in [2.45, 2.75) is 13.3 Å². The highest BCUT2D eigenvalue weighted by Crippen LogP contribution is 2.25. The Morgan fingerprint density at radius 1 is 0.719 bits per heavy atom. The third-order valence-electron chi connectivity index (χ3n) is 5.15. The summed E-state index contributed by atoms with van der Waals surface area (Å²) < 4.78 is 5.40. The lowest BCUT2D eigenvalue weighted by Gasteiger charge is -2.28. The number of hydrogen-bond acceptors (Lipinski definition) is 7. The molecule has 0 unspecified atom stereocenters. The first kappa shape index (κ1) is 21.5. The molecule has 0 spiro atoms. The van der Waals surface area contributed by atoms with Gasteiger partial charge in [0.2, 0.25) is 0 Å². The maximum atomic E-state index is 11.7. The molecule has 0 N–H and O–H groups in total. The van der Waals surface area contributed by atoms with Gasteiger partial charge in [-0.05, 0) is 72.8 Å². The van der Waals surface area contributed by atoms with Crippen molar-refractivity contribution in [3.8, 4) is 0 Å². The number of ketones is 1. The van der Waals surface area contributed by atoms with Crippen LogP contribution in [0, 0.1) is 0 Å². The summed E-state index contributed by atoms with van der Waals surface area (Å²) in [5.74, 6) is 0.117. The van der Waals surface area contributed by atoms with Crippen LogP contribution in [0.15, 0.2) is 93.3 Å². The normalized spacial score (nSPS) is 14.3. The van der Waals surface area contributed by atoms with Crippen LogP contribution >= 0.6 is 0 Å². The van der Waals surface area contributed by atoms with Crippen LogP contribution in [0.3, 0.4) is 0 Å². The van der Waals surface area contributed by atoms with Gasteiger partial charge in [-0.15, -0.1) is 0 Å². The molecule has 0 aromatic heterocycles. The third kappa shape index (κ3) is 5.70. The molecule has 7 nitrogen and oxygen atoms in total. The molecule has 0 radical (unpaired) electrons. The van der Waals surface area contributed by atoms with Gasteiger partial charge in [0.05, 0.1) is 36.0 Å². The van der Waals surface area contributed by atoms with Crippen LogP contribution in [0.2, 0.25) is 0 Å². The lowest BCUT2D eigenvalue weighted by atomic mass is 10.1. The highest BCUT2D eigenvalue weighted by Gasteiger charge is 2.10. The molecule has 3 aromatic carbocycles. The maximum Gasteiger partial charge on any atom is 0.162 e. The Hall–Kier alpha value is -3.71. The maximum absolute atomic E-state index is 11.7. The molecule has 1 aliphatic rings. The Morgan fingerprint density at radius 2 is 1.12 bits per heavy atom. The Kier molecular flexibility index (Phi) is 7.09. The number of Topliss-reactive ketones (excluding diaryl/α,β-unsaturated/α-hetero) is 1. The molecule has 1 aliphatic heterocycles. The fraction of sp³-hybridized carbons (Fsp3) is 0.240. The number of carbonyl (C=O) groups excluding carboxylic acids is 1. The summed E-state index contributed by atoms with van der Waals surface area (Å²) in [5, 5.41) is 17.1. The largest absolute Gasteiger partial charge is 0.378 e. The van der Waals surface area contributed by atoms with Crippen molar-refractivity contribution < 1.29 is 9.53 Å². The zero-order valence-electron chi connectivity index (χ0n) is 18.0. The van der Waals surface area contributed by atoms with Gasteiger partial charge >= 0.3 is 0 Å².